The van der Waals surface area contributed by atoms with Crippen molar-refractivity contribution in [1.82, 2.24) is 20.3 Å². The molecule has 0 bridgehead atoms. The van der Waals surface area contributed by atoms with Crippen LogP contribution in [-0.2, 0) is 16.1 Å². The first-order valence-corrected chi connectivity index (χ1v) is 11.7. The zero-order valence-electron chi connectivity index (χ0n) is 18.4. The molecule has 2 aromatic carbocycles. The topological polar surface area (TPSA) is 93.3 Å². The molecule has 5 rings (SSSR count). The Morgan fingerprint density at radius 2 is 1.85 bits per heavy atom. The maximum absolute atomic E-state index is 13.8. The molecule has 4 aromatic rings. The van der Waals surface area contributed by atoms with Crippen molar-refractivity contribution in [3.63, 3.8) is 0 Å². The first-order chi connectivity index (χ1) is 16.6. The highest BCUT2D eigenvalue weighted by Crippen LogP contribution is 2.31. The van der Waals surface area contributed by atoms with E-state index in [1.165, 1.54) is 15.8 Å². The van der Waals surface area contributed by atoms with Gasteiger partial charge in [-0.05, 0) is 61.4 Å². The van der Waals surface area contributed by atoms with Gasteiger partial charge in [0, 0.05) is 16.8 Å². The Morgan fingerprint density at radius 3 is 2.59 bits per heavy atom. The molecule has 1 saturated carbocycles. The van der Waals surface area contributed by atoms with Crippen molar-refractivity contribution in [2.75, 3.05) is 4.90 Å². The number of amides is 2. The van der Waals surface area contributed by atoms with Crippen molar-refractivity contribution in [2.24, 2.45) is 0 Å². The number of anilines is 1. The molecule has 1 N–H and O–H groups in total. The molecule has 1 fully saturated rings. The summed E-state index contributed by atoms with van der Waals surface area (Å²) in [4.78, 5) is 28.8. The third kappa shape index (κ3) is 4.54. The summed E-state index contributed by atoms with van der Waals surface area (Å²) in [6.07, 6.45) is 5.51. The molecule has 34 heavy (non-hydrogen) atoms. The van der Waals surface area contributed by atoms with Crippen LogP contribution in [0.1, 0.15) is 37.5 Å². The predicted molar refractivity (Wildman–Crippen MR) is 128 cm³/mol. The van der Waals surface area contributed by atoms with Gasteiger partial charge in [0.05, 0.1) is 11.8 Å². The molecule has 8 nitrogen and oxygen atoms in total. The van der Waals surface area contributed by atoms with Crippen LogP contribution in [0.25, 0.3) is 11.0 Å². The van der Waals surface area contributed by atoms with Gasteiger partial charge in [-0.2, -0.15) is 0 Å². The van der Waals surface area contributed by atoms with Crippen LogP contribution in [-0.4, -0.2) is 32.9 Å². The van der Waals surface area contributed by atoms with Crippen molar-refractivity contribution in [1.29, 1.82) is 0 Å². The summed E-state index contributed by atoms with van der Waals surface area (Å²) in [5.74, 6) is -0.239. The monoisotopic (exact) mass is 477 g/mol. The lowest BCUT2D eigenvalue weighted by molar-refractivity contribution is -0.127. The second-order valence-corrected chi connectivity index (χ2v) is 8.82. The molecule has 0 aliphatic heterocycles. The number of nitrogens with one attached hydrogen (secondary N) is 1. The summed E-state index contributed by atoms with van der Waals surface area (Å²) >= 11 is 6.11. The van der Waals surface area contributed by atoms with Crippen LogP contribution in [0, 0.1) is 0 Å². The Bertz CT molecular complexity index is 1280. The highest BCUT2D eigenvalue weighted by molar-refractivity contribution is 6.30. The third-order valence-corrected chi connectivity index (χ3v) is 6.35. The van der Waals surface area contributed by atoms with Gasteiger partial charge in [0.25, 0.3) is 5.91 Å². The lowest BCUT2D eigenvalue weighted by atomic mass is 10.1. The molecule has 0 unspecified atom stereocenters. The smallest absolute Gasteiger partial charge is 0.251 e. The van der Waals surface area contributed by atoms with E-state index in [0.29, 0.717) is 22.0 Å². The van der Waals surface area contributed by atoms with Gasteiger partial charge in [-0.3, -0.25) is 14.5 Å². The van der Waals surface area contributed by atoms with E-state index in [-0.39, 0.29) is 24.4 Å². The average Bonchev–Trinajstić information content (AvgIpc) is 3.61. The number of halogens is 1. The number of benzene rings is 2. The van der Waals surface area contributed by atoms with Gasteiger partial charge in [0.15, 0.2) is 6.04 Å². The summed E-state index contributed by atoms with van der Waals surface area (Å²) in [6.45, 7) is -0.100. The molecule has 2 heterocycles. The number of fused-ring (bicyclic) bond motifs is 1. The van der Waals surface area contributed by atoms with E-state index >= 15 is 0 Å². The van der Waals surface area contributed by atoms with Crippen LogP contribution in [0.3, 0.4) is 0 Å². The number of hydrogen-bond acceptors (Lipinski definition) is 5. The number of nitrogens with zero attached hydrogens (tertiary/aromatic N) is 4. The number of rotatable bonds is 7. The Balaban J connectivity index is 1.53. The maximum atomic E-state index is 13.8. The third-order valence-electron chi connectivity index (χ3n) is 6.10. The molecule has 2 amide bonds. The largest absolute Gasteiger partial charge is 0.467 e. The van der Waals surface area contributed by atoms with E-state index in [2.05, 4.69) is 15.6 Å². The van der Waals surface area contributed by atoms with E-state index in [1.54, 1.807) is 36.4 Å². The highest BCUT2D eigenvalue weighted by atomic mass is 35.5. The SMILES string of the molecule is O=C(NC1CCCC1)[C@H](c1ccco1)N(C(=O)Cn1nnc2ccccc21)c1ccc(Cl)cc1. The van der Waals surface area contributed by atoms with Crippen molar-refractivity contribution in [3.05, 3.63) is 77.7 Å². The lowest BCUT2D eigenvalue weighted by Gasteiger charge is -2.31. The van der Waals surface area contributed by atoms with E-state index in [4.69, 9.17) is 16.0 Å². The van der Waals surface area contributed by atoms with Crippen molar-refractivity contribution >= 4 is 40.1 Å². The normalized spacial score (nSPS) is 14.9. The zero-order chi connectivity index (χ0) is 23.5. The fourth-order valence-electron chi connectivity index (χ4n) is 4.45. The molecule has 0 saturated heterocycles. The molecule has 2 aromatic heterocycles. The Kier molecular flexibility index (Phi) is 6.31. The Morgan fingerprint density at radius 1 is 1.09 bits per heavy atom. The number of hydrogen-bond donors (Lipinski definition) is 1. The quantitative estimate of drug-likeness (QED) is 0.422. The van der Waals surface area contributed by atoms with E-state index in [9.17, 15) is 9.59 Å². The number of para-hydroxylation sites is 1. The number of carbonyl (C=O) groups is 2. The van der Waals surface area contributed by atoms with Gasteiger partial charge in [0.2, 0.25) is 5.91 Å². The molecule has 1 atom stereocenters. The van der Waals surface area contributed by atoms with E-state index < -0.39 is 6.04 Å². The Labute approximate surface area is 201 Å². The van der Waals surface area contributed by atoms with Gasteiger partial charge in [0.1, 0.15) is 17.8 Å². The minimum Gasteiger partial charge on any atom is -0.467 e. The van der Waals surface area contributed by atoms with Gasteiger partial charge < -0.3 is 9.73 Å². The van der Waals surface area contributed by atoms with Crippen LogP contribution in [0.4, 0.5) is 5.69 Å². The molecule has 174 valence electrons. The molecule has 0 radical (unpaired) electrons. The standard InChI is InChI=1S/C25H24ClN5O3/c26-17-11-13-19(14-12-17)31(23(32)16-30-21-9-4-3-8-20(21)28-29-30)24(22-10-5-15-34-22)25(33)27-18-6-1-2-7-18/h3-5,8-15,18,24H,1-2,6-7,16H2,(H,27,33)/t24-/m0/s1. The van der Waals surface area contributed by atoms with Crippen molar-refractivity contribution in [3.8, 4) is 0 Å². The molecule has 1 aliphatic rings. The van der Waals surface area contributed by atoms with Crippen molar-refractivity contribution in [2.45, 2.75) is 44.3 Å². The fraction of sp³-hybridized carbons (Fsp3) is 0.280. The van der Waals surface area contributed by atoms with E-state index in [0.717, 1.165) is 31.2 Å². The minimum absolute atomic E-state index is 0.0893. The summed E-state index contributed by atoms with van der Waals surface area (Å²) in [5, 5.41) is 11.9. The predicted octanol–water partition coefficient (Wildman–Crippen LogP) is 4.51. The van der Waals surface area contributed by atoms with Gasteiger partial charge in [-0.15, -0.1) is 5.10 Å². The van der Waals surface area contributed by atoms with Gasteiger partial charge in [-0.25, -0.2) is 4.68 Å². The lowest BCUT2D eigenvalue weighted by Crippen LogP contribution is -2.47. The second-order valence-electron chi connectivity index (χ2n) is 8.38. The number of furan rings is 1. The maximum Gasteiger partial charge on any atom is 0.251 e. The summed E-state index contributed by atoms with van der Waals surface area (Å²) in [5.41, 5.74) is 1.95. The molecular weight excluding hydrogens is 454 g/mol. The number of aromatic nitrogens is 3. The molecular formula is C25H24ClN5O3. The van der Waals surface area contributed by atoms with Crippen LogP contribution in [0.15, 0.2) is 71.3 Å². The minimum atomic E-state index is -0.987. The summed E-state index contributed by atoms with van der Waals surface area (Å²) < 4.78 is 7.18. The van der Waals surface area contributed by atoms with Gasteiger partial charge >= 0.3 is 0 Å². The summed E-state index contributed by atoms with van der Waals surface area (Å²) in [7, 11) is 0. The first-order valence-electron chi connectivity index (χ1n) is 11.3. The molecule has 9 heteroatoms. The first kappa shape index (κ1) is 22.2. The van der Waals surface area contributed by atoms with Crippen LogP contribution < -0.4 is 10.2 Å². The summed E-state index contributed by atoms with van der Waals surface area (Å²) in [6, 6.07) is 16.8. The van der Waals surface area contributed by atoms with Crippen LogP contribution >= 0.6 is 11.6 Å². The average molecular weight is 478 g/mol. The van der Waals surface area contributed by atoms with Crippen LogP contribution in [0.5, 0.6) is 0 Å². The molecule has 1 aliphatic carbocycles. The molecule has 0 spiro atoms. The Hall–Kier alpha value is -3.65. The fourth-order valence-corrected chi connectivity index (χ4v) is 4.57. The zero-order valence-corrected chi connectivity index (χ0v) is 19.2. The van der Waals surface area contributed by atoms with E-state index in [1.807, 2.05) is 24.3 Å². The van der Waals surface area contributed by atoms with Crippen molar-refractivity contribution < 1.29 is 14.0 Å². The highest BCUT2D eigenvalue weighted by Gasteiger charge is 2.36. The van der Waals surface area contributed by atoms with Crippen LogP contribution in [0.2, 0.25) is 5.02 Å². The van der Waals surface area contributed by atoms with Gasteiger partial charge in [-0.1, -0.05) is 41.8 Å². The second kappa shape index (κ2) is 9.69. The number of carbonyl (C=O) groups excluding carboxylic acids is 2.